The molecule has 228 valence electrons. The van der Waals surface area contributed by atoms with Crippen molar-refractivity contribution in [3.8, 4) is 11.1 Å². The van der Waals surface area contributed by atoms with Crippen LogP contribution < -0.4 is 16.4 Å². The summed E-state index contributed by atoms with van der Waals surface area (Å²) >= 11 is 5.97. The molecule has 1 aromatic heterocycles. The zero-order chi connectivity index (χ0) is 31.4. The average molecular weight is 610 g/mol. The van der Waals surface area contributed by atoms with Crippen molar-refractivity contribution in [1.82, 2.24) is 9.88 Å². The number of nitrogen functional groups attached to an aromatic ring is 1. The van der Waals surface area contributed by atoms with Gasteiger partial charge < -0.3 is 26.0 Å². The van der Waals surface area contributed by atoms with Crippen molar-refractivity contribution in [2.75, 3.05) is 37.0 Å². The van der Waals surface area contributed by atoms with Gasteiger partial charge in [-0.3, -0.25) is 19.4 Å². The lowest BCUT2D eigenvalue weighted by atomic mass is 10.0. The lowest BCUT2D eigenvalue weighted by Crippen LogP contribution is -2.29. The van der Waals surface area contributed by atoms with Gasteiger partial charge in [0.2, 0.25) is 11.8 Å². The highest BCUT2D eigenvalue weighted by atomic mass is 35.5. The van der Waals surface area contributed by atoms with Crippen LogP contribution in [0.5, 0.6) is 0 Å². The highest BCUT2D eigenvalue weighted by Gasteiger charge is 2.23. The fraction of sp³-hybridized carbons (Fsp3) is 0.312. The van der Waals surface area contributed by atoms with E-state index in [1.54, 1.807) is 49.5 Å². The van der Waals surface area contributed by atoms with Gasteiger partial charge in [-0.05, 0) is 68.1 Å². The van der Waals surface area contributed by atoms with Crippen LogP contribution >= 0.6 is 11.6 Å². The van der Waals surface area contributed by atoms with Crippen molar-refractivity contribution in [3.05, 3.63) is 82.9 Å². The normalized spacial score (nSPS) is 11.7. The zero-order valence-corrected chi connectivity index (χ0v) is 25.3. The Bertz CT molecular complexity index is 1470. The van der Waals surface area contributed by atoms with Gasteiger partial charge in [-0.15, -0.1) is 0 Å². The number of nitrogens with zero attached hydrogens (tertiary/aromatic N) is 2. The number of amides is 2. The van der Waals surface area contributed by atoms with Gasteiger partial charge in [0.05, 0.1) is 28.4 Å². The number of hydrogen-bond acceptors (Lipinski definition) is 7. The van der Waals surface area contributed by atoms with Gasteiger partial charge in [-0.1, -0.05) is 29.8 Å². The number of anilines is 3. The van der Waals surface area contributed by atoms with Crippen molar-refractivity contribution in [1.29, 1.82) is 0 Å². The number of carbonyl (C=O) groups excluding carboxylic acids is 3. The molecule has 1 unspecified atom stereocenters. The number of pyridine rings is 1. The first-order valence-electron chi connectivity index (χ1n) is 13.9. The molecule has 3 aromatic rings. The Morgan fingerprint density at radius 2 is 1.98 bits per heavy atom. The van der Waals surface area contributed by atoms with Crippen molar-refractivity contribution >= 4 is 46.9 Å². The summed E-state index contributed by atoms with van der Waals surface area (Å²) in [7, 11) is 3.30. The fourth-order valence-corrected chi connectivity index (χ4v) is 4.79. The number of likely N-dealkylation sites (N-methyl/N-ethyl adjacent to an activating group) is 1. The van der Waals surface area contributed by atoms with Crippen LogP contribution in [0.15, 0.2) is 60.8 Å². The van der Waals surface area contributed by atoms with Crippen LogP contribution in [0.3, 0.4) is 0 Å². The van der Waals surface area contributed by atoms with Crippen molar-refractivity contribution in [2.24, 2.45) is 0 Å². The number of hydrogen-bond donors (Lipinski definition) is 3. The molecule has 0 spiro atoms. The molecular weight excluding hydrogens is 573 g/mol. The SMILES string of the molecule is C/C=C\CCC(=O)Nc1cc(N)ccc1-c1ccnc(CC(=O)N(C)CCCC(OC=O)c2c(NC)ccc(Cl)c2F)c1. The molecule has 0 radical (unpaired) electrons. The first kappa shape index (κ1) is 33.1. The third-order valence-corrected chi connectivity index (χ3v) is 7.17. The number of allylic oxidation sites excluding steroid dienone is 2. The van der Waals surface area contributed by atoms with E-state index in [0.29, 0.717) is 48.6 Å². The highest BCUT2D eigenvalue weighted by molar-refractivity contribution is 6.30. The predicted octanol–water partition coefficient (Wildman–Crippen LogP) is 6.16. The van der Waals surface area contributed by atoms with E-state index in [0.717, 1.165) is 11.1 Å². The van der Waals surface area contributed by atoms with E-state index in [-0.39, 0.29) is 41.7 Å². The van der Waals surface area contributed by atoms with E-state index in [2.05, 4.69) is 15.6 Å². The van der Waals surface area contributed by atoms with Gasteiger partial charge in [0.15, 0.2) is 5.82 Å². The van der Waals surface area contributed by atoms with Crippen LogP contribution in [0.4, 0.5) is 21.5 Å². The molecule has 0 saturated carbocycles. The second-order valence-electron chi connectivity index (χ2n) is 9.92. The molecule has 2 amide bonds. The first-order valence-corrected chi connectivity index (χ1v) is 14.3. The Labute approximate surface area is 256 Å². The number of nitrogens with one attached hydrogen (secondary N) is 2. The summed E-state index contributed by atoms with van der Waals surface area (Å²) in [5.74, 6) is -0.956. The second kappa shape index (κ2) is 16.3. The van der Waals surface area contributed by atoms with E-state index in [1.165, 1.54) is 6.07 Å². The summed E-state index contributed by atoms with van der Waals surface area (Å²) in [4.78, 5) is 42.6. The molecule has 11 heteroatoms. The Morgan fingerprint density at radius 3 is 2.70 bits per heavy atom. The van der Waals surface area contributed by atoms with Crippen LogP contribution in [0, 0.1) is 5.82 Å². The van der Waals surface area contributed by atoms with Gasteiger partial charge >= 0.3 is 0 Å². The Kier molecular flexibility index (Phi) is 12.5. The van der Waals surface area contributed by atoms with Crippen LogP contribution in [-0.2, 0) is 25.5 Å². The maximum atomic E-state index is 14.8. The van der Waals surface area contributed by atoms with Crippen molar-refractivity contribution in [2.45, 2.75) is 45.1 Å². The molecule has 2 aromatic carbocycles. The van der Waals surface area contributed by atoms with Crippen molar-refractivity contribution in [3.63, 3.8) is 0 Å². The maximum Gasteiger partial charge on any atom is 0.293 e. The number of carbonyl (C=O) groups is 3. The molecule has 0 bridgehead atoms. The Hall–Kier alpha value is -4.44. The number of nitrogens with two attached hydrogens (primary N) is 1. The fourth-order valence-electron chi connectivity index (χ4n) is 4.63. The maximum absolute atomic E-state index is 14.8. The van der Waals surface area contributed by atoms with E-state index >= 15 is 0 Å². The Balaban J connectivity index is 1.66. The molecular formula is C32H37ClFN5O4. The molecule has 0 fully saturated rings. The minimum absolute atomic E-state index is 0.0471. The van der Waals surface area contributed by atoms with Crippen LogP contribution in [0.2, 0.25) is 5.02 Å². The van der Waals surface area contributed by atoms with E-state index in [4.69, 9.17) is 22.1 Å². The predicted molar refractivity (Wildman–Crippen MR) is 168 cm³/mol. The van der Waals surface area contributed by atoms with Gasteiger partial charge in [-0.25, -0.2) is 4.39 Å². The van der Waals surface area contributed by atoms with E-state index < -0.39 is 11.9 Å². The molecule has 3 rings (SSSR count). The summed E-state index contributed by atoms with van der Waals surface area (Å²) in [6, 6.07) is 11.9. The topological polar surface area (TPSA) is 127 Å². The molecule has 0 aliphatic rings. The number of aromatic nitrogens is 1. The van der Waals surface area contributed by atoms with E-state index in [1.807, 2.05) is 31.2 Å². The van der Waals surface area contributed by atoms with Gasteiger partial charge in [0.1, 0.15) is 6.10 Å². The van der Waals surface area contributed by atoms with Gasteiger partial charge in [0.25, 0.3) is 6.47 Å². The third kappa shape index (κ3) is 9.27. The van der Waals surface area contributed by atoms with Crippen LogP contribution in [-0.4, -0.2) is 48.8 Å². The van der Waals surface area contributed by atoms with Crippen molar-refractivity contribution < 1.29 is 23.5 Å². The molecule has 0 aliphatic heterocycles. The zero-order valence-electron chi connectivity index (χ0n) is 24.5. The molecule has 9 nitrogen and oxygen atoms in total. The third-order valence-electron chi connectivity index (χ3n) is 6.88. The van der Waals surface area contributed by atoms with Gasteiger partial charge in [0, 0.05) is 50.2 Å². The number of benzene rings is 2. The molecule has 1 atom stereocenters. The minimum Gasteiger partial charge on any atom is -0.460 e. The smallest absolute Gasteiger partial charge is 0.293 e. The molecule has 1 heterocycles. The quantitative estimate of drug-likeness (QED) is 0.107. The monoisotopic (exact) mass is 609 g/mol. The summed E-state index contributed by atoms with van der Waals surface area (Å²) < 4.78 is 20.0. The largest absolute Gasteiger partial charge is 0.460 e. The standard InChI is InChI=1S/C32H37ClFN5O4/c1-4-5-6-9-29(41)38-27-18-22(35)10-11-24(27)21-14-15-37-23(17-21)19-30(42)39(3)16-7-8-28(43-20-40)31-26(36-2)13-12-25(33)32(31)34/h4-5,10-15,17-18,20,28,36H,6-9,16,19,35H2,1-3H3,(H,38,41)/b5-4-. The first-order chi connectivity index (χ1) is 20.7. The molecule has 43 heavy (non-hydrogen) atoms. The lowest BCUT2D eigenvalue weighted by molar-refractivity contribution is -0.135. The minimum atomic E-state index is -0.877. The average Bonchev–Trinajstić information content (AvgIpc) is 2.98. The number of rotatable bonds is 15. The second-order valence-corrected chi connectivity index (χ2v) is 10.3. The molecule has 0 aliphatic carbocycles. The molecule has 0 saturated heterocycles. The van der Waals surface area contributed by atoms with E-state index in [9.17, 15) is 18.8 Å². The summed E-state index contributed by atoms with van der Waals surface area (Å²) in [6.07, 6.45) is 6.30. The molecule has 4 N–H and O–H groups in total. The van der Waals surface area contributed by atoms with Crippen LogP contribution in [0.25, 0.3) is 11.1 Å². The number of halogens is 2. The van der Waals surface area contributed by atoms with Crippen LogP contribution in [0.1, 0.15) is 50.0 Å². The van der Waals surface area contributed by atoms with Gasteiger partial charge in [-0.2, -0.15) is 0 Å². The summed E-state index contributed by atoms with van der Waals surface area (Å²) in [5.41, 5.74) is 9.80. The lowest BCUT2D eigenvalue weighted by Gasteiger charge is -2.22. The number of ether oxygens (including phenoxy) is 1. The highest BCUT2D eigenvalue weighted by Crippen LogP contribution is 2.35. The Morgan fingerprint density at radius 1 is 1.19 bits per heavy atom. The summed E-state index contributed by atoms with van der Waals surface area (Å²) in [6.45, 7) is 2.53. The summed E-state index contributed by atoms with van der Waals surface area (Å²) in [5, 5.41) is 5.76.